The van der Waals surface area contributed by atoms with E-state index in [4.69, 9.17) is 4.74 Å². The van der Waals surface area contributed by atoms with Crippen LogP contribution in [0.25, 0.3) is 0 Å². The van der Waals surface area contributed by atoms with E-state index in [0.717, 1.165) is 24.0 Å². The van der Waals surface area contributed by atoms with Gasteiger partial charge in [0.15, 0.2) is 6.10 Å². The molecule has 0 unspecified atom stereocenters. The van der Waals surface area contributed by atoms with E-state index in [9.17, 15) is 9.59 Å². The highest BCUT2D eigenvalue weighted by Gasteiger charge is 2.27. The summed E-state index contributed by atoms with van der Waals surface area (Å²) in [6.07, 6.45) is 1.28. The van der Waals surface area contributed by atoms with Crippen LogP contribution in [0.15, 0.2) is 18.2 Å². The Balaban J connectivity index is 1.99. The van der Waals surface area contributed by atoms with Gasteiger partial charge in [-0.25, -0.2) is 4.79 Å². The topological polar surface area (TPSA) is 55.4 Å². The van der Waals surface area contributed by atoms with E-state index in [1.165, 1.54) is 0 Å². The molecule has 1 amide bonds. The molecular weight excluding hydrogens is 242 g/mol. The van der Waals surface area contributed by atoms with Gasteiger partial charge in [0.2, 0.25) is 0 Å². The van der Waals surface area contributed by atoms with Gasteiger partial charge in [-0.3, -0.25) is 4.79 Å². The van der Waals surface area contributed by atoms with Crippen molar-refractivity contribution in [1.29, 1.82) is 0 Å². The van der Waals surface area contributed by atoms with Gasteiger partial charge in [0, 0.05) is 6.04 Å². The van der Waals surface area contributed by atoms with E-state index in [1.54, 1.807) is 13.0 Å². The molecule has 1 aromatic rings. The van der Waals surface area contributed by atoms with Crippen molar-refractivity contribution in [2.75, 3.05) is 0 Å². The molecule has 102 valence electrons. The van der Waals surface area contributed by atoms with Crippen LogP contribution in [-0.4, -0.2) is 24.0 Å². The van der Waals surface area contributed by atoms with E-state index in [-0.39, 0.29) is 11.9 Å². The second kappa shape index (κ2) is 5.43. The summed E-state index contributed by atoms with van der Waals surface area (Å²) in [6.45, 7) is 5.41. The third-order valence-corrected chi connectivity index (χ3v) is 3.40. The maximum absolute atomic E-state index is 12.0. The number of esters is 1. The summed E-state index contributed by atoms with van der Waals surface area (Å²) in [6, 6.07) is 5.74. The number of rotatable bonds is 4. The number of nitrogens with one attached hydrogen (secondary N) is 1. The SMILES string of the molecule is Cc1cccc(C(=O)O[C@@H](C)C(=O)NC2CC2)c1C. The Morgan fingerprint density at radius 3 is 2.63 bits per heavy atom. The zero-order valence-corrected chi connectivity index (χ0v) is 11.5. The summed E-state index contributed by atoms with van der Waals surface area (Å²) in [5, 5.41) is 2.82. The fraction of sp³-hybridized carbons (Fsp3) is 0.467. The van der Waals surface area contributed by atoms with Crippen molar-refractivity contribution in [2.45, 2.75) is 45.8 Å². The molecule has 0 aromatic heterocycles. The maximum atomic E-state index is 12.0. The number of hydrogen-bond acceptors (Lipinski definition) is 3. The smallest absolute Gasteiger partial charge is 0.339 e. The van der Waals surface area contributed by atoms with Crippen molar-refractivity contribution in [3.63, 3.8) is 0 Å². The van der Waals surface area contributed by atoms with Gasteiger partial charge in [-0.05, 0) is 50.8 Å². The number of amides is 1. The standard InChI is InChI=1S/C15H19NO3/c1-9-5-4-6-13(10(9)2)15(18)19-11(3)14(17)16-12-7-8-12/h4-6,11-12H,7-8H2,1-3H3,(H,16,17)/t11-/m0/s1. The Kier molecular flexibility index (Phi) is 3.88. The van der Waals surface area contributed by atoms with E-state index in [1.807, 2.05) is 26.0 Å². The molecule has 1 aliphatic carbocycles. The molecule has 0 radical (unpaired) electrons. The second-order valence-corrected chi connectivity index (χ2v) is 5.08. The van der Waals surface area contributed by atoms with Crippen molar-refractivity contribution in [3.8, 4) is 0 Å². The molecule has 1 aliphatic rings. The predicted molar refractivity (Wildman–Crippen MR) is 72.0 cm³/mol. The van der Waals surface area contributed by atoms with E-state index in [2.05, 4.69) is 5.32 Å². The third-order valence-electron chi connectivity index (χ3n) is 3.40. The molecule has 1 saturated carbocycles. The molecule has 1 atom stereocenters. The minimum Gasteiger partial charge on any atom is -0.449 e. The monoisotopic (exact) mass is 261 g/mol. The lowest BCUT2D eigenvalue weighted by molar-refractivity contribution is -0.129. The average molecular weight is 261 g/mol. The highest BCUT2D eigenvalue weighted by Crippen LogP contribution is 2.19. The molecule has 1 fully saturated rings. The summed E-state index contributed by atoms with van der Waals surface area (Å²) in [7, 11) is 0. The first-order valence-corrected chi connectivity index (χ1v) is 6.56. The fourth-order valence-corrected chi connectivity index (χ4v) is 1.80. The van der Waals surface area contributed by atoms with Crippen LogP contribution in [-0.2, 0) is 9.53 Å². The summed E-state index contributed by atoms with van der Waals surface area (Å²) < 4.78 is 5.21. The van der Waals surface area contributed by atoms with Crippen molar-refractivity contribution in [2.24, 2.45) is 0 Å². The molecule has 0 heterocycles. The quantitative estimate of drug-likeness (QED) is 0.845. The summed E-state index contributed by atoms with van der Waals surface area (Å²) in [5.41, 5.74) is 2.44. The van der Waals surface area contributed by atoms with Crippen LogP contribution >= 0.6 is 0 Å². The Labute approximate surface area is 113 Å². The van der Waals surface area contributed by atoms with E-state index >= 15 is 0 Å². The van der Waals surface area contributed by atoms with Crippen LogP contribution in [0.2, 0.25) is 0 Å². The van der Waals surface area contributed by atoms with Crippen molar-refractivity contribution >= 4 is 11.9 Å². The molecular formula is C15H19NO3. The Morgan fingerprint density at radius 2 is 2.00 bits per heavy atom. The lowest BCUT2D eigenvalue weighted by atomic mass is 10.0. The lowest BCUT2D eigenvalue weighted by Crippen LogP contribution is -2.37. The van der Waals surface area contributed by atoms with Crippen molar-refractivity contribution in [1.82, 2.24) is 5.32 Å². The highest BCUT2D eigenvalue weighted by atomic mass is 16.5. The number of carbonyl (C=O) groups is 2. The number of benzene rings is 1. The second-order valence-electron chi connectivity index (χ2n) is 5.08. The van der Waals surface area contributed by atoms with Gasteiger partial charge in [0.1, 0.15) is 0 Å². The molecule has 1 N–H and O–H groups in total. The molecule has 0 spiro atoms. The van der Waals surface area contributed by atoms with Crippen LogP contribution in [0.5, 0.6) is 0 Å². The number of hydrogen-bond donors (Lipinski definition) is 1. The Morgan fingerprint density at radius 1 is 1.32 bits per heavy atom. The van der Waals surface area contributed by atoms with Gasteiger partial charge in [0.05, 0.1) is 5.56 Å². The first-order valence-electron chi connectivity index (χ1n) is 6.56. The van der Waals surface area contributed by atoms with Crippen molar-refractivity contribution in [3.05, 3.63) is 34.9 Å². The molecule has 1 aromatic carbocycles. The maximum Gasteiger partial charge on any atom is 0.339 e. The van der Waals surface area contributed by atoms with Crippen molar-refractivity contribution < 1.29 is 14.3 Å². The zero-order valence-electron chi connectivity index (χ0n) is 11.5. The minimum absolute atomic E-state index is 0.221. The molecule has 0 aliphatic heterocycles. The predicted octanol–water partition coefficient (Wildman–Crippen LogP) is 2.13. The summed E-state index contributed by atoms with van der Waals surface area (Å²) in [5.74, 6) is -0.666. The first kappa shape index (κ1) is 13.6. The van der Waals surface area contributed by atoms with E-state index < -0.39 is 12.1 Å². The summed E-state index contributed by atoms with van der Waals surface area (Å²) in [4.78, 5) is 23.8. The molecule has 19 heavy (non-hydrogen) atoms. The largest absolute Gasteiger partial charge is 0.449 e. The minimum atomic E-state index is -0.756. The first-order chi connectivity index (χ1) is 8.99. The molecule has 0 saturated heterocycles. The fourth-order valence-electron chi connectivity index (χ4n) is 1.80. The lowest BCUT2D eigenvalue weighted by Gasteiger charge is -2.14. The number of aryl methyl sites for hydroxylation is 1. The van der Waals surface area contributed by atoms with Crippen LogP contribution in [0, 0.1) is 13.8 Å². The van der Waals surface area contributed by atoms with Crippen LogP contribution in [0.4, 0.5) is 0 Å². The third kappa shape index (κ3) is 3.34. The Hall–Kier alpha value is -1.84. The van der Waals surface area contributed by atoms with E-state index in [0.29, 0.717) is 5.56 Å². The number of carbonyl (C=O) groups excluding carboxylic acids is 2. The molecule has 4 heteroatoms. The van der Waals surface area contributed by atoms with Gasteiger partial charge in [-0.2, -0.15) is 0 Å². The number of ether oxygens (including phenoxy) is 1. The van der Waals surface area contributed by atoms with Crippen LogP contribution < -0.4 is 5.32 Å². The van der Waals surface area contributed by atoms with Crippen LogP contribution in [0.3, 0.4) is 0 Å². The Bertz CT molecular complexity index is 506. The normalized spacial score (nSPS) is 15.7. The summed E-state index contributed by atoms with van der Waals surface area (Å²) >= 11 is 0. The van der Waals surface area contributed by atoms with Gasteiger partial charge in [-0.1, -0.05) is 12.1 Å². The van der Waals surface area contributed by atoms with Gasteiger partial charge >= 0.3 is 5.97 Å². The highest BCUT2D eigenvalue weighted by molar-refractivity contribution is 5.93. The average Bonchev–Trinajstić information content (AvgIpc) is 3.16. The molecule has 0 bridgehead atoms. The zero-order chi connectivity index (χ0) is 14.0. The molecule has 4 nitrogen and oxygen atoms in total. The van der Waals surface area contributed by atoms with Gasteiger partial charge in [0.25, 0.3) is 5.91 Å². The molecule has 2 rings (SSSR count). The van der Waals surface area contributed by atoms with Gasteiger partial charge < -0.3 is 10.1 Å². The van der Waals surface area contributed by atoms with Crippen LogP contribution in [0.1, 0.15) is 41.3 Å². The van der Waals surface area contributed by atoms with Gasteiger partial charge in [-0.15, -0.1) is 0 Å².